The molecule has 7 nitrogen and oxygen atoms in total. The Labute approximate surface area is 217 Å². The van der Waals surface area contributed by atoms with Crippen molar-refractivity contribution in [1.29, 1.82) is 0 Å². The van der Waals surface area contributed by atoms with Crippen LogP contribution in [0, 0.1) is 6.92 Å². The van der Waals surface area contributed by atoms with E-state index in [1.807, 2.05) is 43.3 Å². The average molecular weight is 496 g/mol. The van der Waals surface area contributed by atoms with Crippen molar-refractivity contribution in [3.63, 3.8) is 0 Å². The van der Waals surface area contributed by atoms with Crippen LogP contribution in [0.5, 0.6) is 5.75 Å². The molecule has 0 unspecified atom stereocenters. The van der Waals surface area contributed by atoms with Gasteiger partial charge in [-0.3, -0.25) is 14.7 Å². The number of carbonyl (C=O) groups excluding carboxylic acids is 1. The Morgan fingerprint density at radius 2 is 1.78 bits per heavy atom. The number of amides is 1. The second-order valence-corrected chi connectivity index (χ2v) is 9.60. The summed E-state index contributed by atoms with van der Waals surface area (Å²) in [7, 11) is 1.66. The maximum Gasteiger partial charge on any atom is 0.252 e. The highest BCUT2D eigenvalue weighted by Gasteiger charge is 2.22. The number of fused-ring (bicyclic) bond motifs is 1. The van der Waals surface area contributed by atoms with E-state index >= 15 is 0 Å². The van der Waals surface area contributed by atoms with Crippen LogP contribution in [0.3, 0.4) is 0 Å². The van der Waals surface area contributed by atoms with E-state index in [0.29, 0.717) is 23.0 Å². The number of piperidine rings is 1. The van der Waals surface area contributed by atoms with Crippen molar-refractivity contribution >= 4 is 33.9 Å². The number of benzene rings is 3. The molecule has 0 aliphatic carbocycles. The number of nitrogens with zero attached hydrogens (tertiary/aromatic N) is 2. The molecular weight excluding hydrogens is 462 g/mol. The number of para-hydroxylation sites is 1. The number of aromatic nitrogens is 1. The Balaban J connectivity index is 1.38. The number of nitrogens with one attached hydrogen (secondary N) is 2. The van der Waals surface area contributed by atoms with Crippen molar-refractivity contribution in [1.82, 2.24) is 9.88 Å². The SMILES string of the molecule is COc1cc2c(Nc3ccccc3C)c(C(N)=O)cnc2cc1NC1CCN(Cc2ccccc2)CC1. The molecule has 7 heteroatoms. The fourth-order valence-corrected chi connectivity index (χ4v) is 4.97. The Hall–Kier alpha value is -4.10. The predicted molar refractivity (Wildman–Crippen MR) is 150 cm³/mol. The first-order valence-electron chi connectivity index (χ1n) is 12.7. The lowest BCUT2D eigenvalue weighted by Gasteiger charge is -2.33. The van der Waals surface area contributed by atoms with Gasteiger partial charge in [0.1, 0.15) is 5.75 Å². The summed E-state index contributed by atoms with van der Waals surface area (Å²) in [6, 6.07) is 22.8. The minimum atomic E-state index is -0.533. The first-order chi connectivity index (χ1) is 18.0. The van der Waals surface area contributed by atoms with Crippen LogP contribution in [-0.2, 0) is 6.54 Å². The van der Waals surface area contributed by atoms with Crippen LogP contribution in [0.25, 0.3) is 10.9 Å². The molecule has 4 aromatic rings. The largest absolute Gasteiger partial charge is 0.495 e. The molecule has 0 atom stereocenters. The molecule has 2 heterocycles. The van der Waals surface area contributed by atoms with E-state index in [1.54, 1.807) is 13.3 Å². The van der Waals surface area contributed by atoms with Gasteiger partial charge in [-0.2, -0.15) is 0 Å². The van der Waals surface area contributed by atoms with Crippen molar-refractivity contribution in [2.24, 2.45) is 5.73 Å². The second-order valence-electron chi connectivity index (χ2n) is 9.60. The molecule has 37 heavy (non-hydrogen) atoms. The highest BCUT2D eigenvalue weighted by Crippen LogP contribution is 2.37. The molecule has 1 fully saturated rings. The van der Waals surface area contributed by atoms with E-state index in [2.05, 4.69) is 50.8 Å². The van der Waals surface area contributed by atoms with Gasteiger partial charge in [-0.1, -0.05) is 48.5 Å². The Morgan fingerprint density at radius 3 is 2.49 bits per heavy atom. The van der Waals surface area contributed by atoms with Gasteiger partial charge in [-0.05, 0) is 49.1 Å². The number of ether oxygens (including phenoxy) is 1. The summed E-state index contributed by atoms with van der Waals surface area (Å²) in [5.41, 5.74) is 11.7. The minimum absolute atomic E-state index is 0.337. The van der Waals surface area contributed by atoms with E-state index in [-0.39, 0.29) is 0 Å². The van der Waals surface area contributed by atoms with Gasteiger partial charge in [0, 0.05) is 42.9 Å². The molecule has 5 rings (SSSR count). The quantitative estimate of drug-likeness (QED) is 0.300. The van der Waals surface area contributed by atoms with E-state index in [4.69, 9.17) is 10.5 Å². The molecule has 1 saturated heterocycles. The molecule has 1 amide bonds. The van der Waals surface area contributed by atoms with Gasteiger partial charge in [0.15, 0.2) is 0 Å². The summed E-state index contributed by atoms with van der Waals surface area (Å²) in [6.07, 6.45) is 3.63. The van der Waals surface area contributed by atoms with E-state index in [9.17, 15) is 4.79 Å². The zero-order chi connectivity index (χ0) is 25.8. The monoisotopic (exact) mass is 495 g/mol. The third kappa shape index (κ3) is 5.52. The maximum atomic E-state index is 12.3. The molecule has 0 spiro atoms. The number of hydrogen-bond acceptors (Lipinski definition) is 6. The third-order valence-electron chi connectivity index (χ3n) is 7.06. The molecule has 190 valence electrons. The van der Waals surface area contributed by atoms with Crippen molar-refractivity contribution in [2.45, 2.75) is 32.4 Å². The van der Waals surface area contributed by atoms with Crippen LogP contribution in [0.2, 0.25) is 0 Å². The summed E-state index contributed by atoms with van der Waals surface area (Å²) >= 11 is 0. The van der Waals surface area contributed by atoms with Gasteiger partial charge in [0.25, 0.3) is 5.91 Å². The van der Waals surface area contributed by atoms with E-state index in [0.717, 1.165) is 60.3 Å². The van der Waals surface area contributed by atoms with Crippen molar-refractivity contribution in [2.75, 3.05) is 30.8 Å². The standard InChI is InChI=1S/C30H33N5O2/c1-20-8-6-7-11-25(20)34-29-23-16-28(37-2)27(17-26(23)32-18-24(29)30(31)36)33-22-12-14-35(15-13-22)19-21-9-4-3-5-10-21/h3-11,16-18,22,33H,12-15,19H2,1-2H3,(H2,31,36)(H,32,34). The molecule has 0 radical (unpaired) electrons. The predicted octanol–water partition coefficient (Wildman–Crippen LogP) is 5.47. The van der Waals surface area contributed by atoms with Gasteiger partial charge in [0.2, 0.25) is 0 Å². The van der Waals surface area contributed by atoms with Gasteiger partial charge in [-0.25, -0.2) is 0 Å². The third-order valence-corrected chi connectivity index (χ3v) is 7.06. The summed E-state index contributed by atoms with van der Waals surface area (Å²) in [4.78, 5) is 19.3. The van der Waals surface area contributed by atoms with Crippen LogP contribution in [0.15, 0.2) is 72.9 Å². The number of methoxy groups -OCH3 is 1. The lowest BCUT2D eigenvalue weighted by atomic mass is 10.0. The average Bonchev–Trinajstić information content (AvgIpc) is 2.91. The zero-order valence-corrected chi connectivity index (χ0v) is 21.3. The Kier molecular flexibility index (Phi) is 7.23. The topological polar surface area (TPSA) is 92.5 Å². The van der Waals surface area contributed by atoms with E-state index in [1.165, 1.54) is 5.56 Å². The van der Waals surface area contributed by atoms with Crippen LogP contribution >= 0.6 is 0 Å². The van der Waals surface area contributed by atoms with E-state index < -0.39 is 5.91 Å². The fraction of sp³-hybridized carbons (Fsp3) is 0.267. The van der Waals surface area contributed by atoms with Gasteiger partial charge < -0.3 is 21.1 Å². The summed E-state index contributed by atoms with van der Waals surface area (Å²) in [6.45, 7) is 5.07. The summed E-state index contributed by atoms with van der Waals surface area (Å²) in [5, 5.41) is 7.89. The first-order valence-corrected chi connectivity index (χ1v) is 12.7. The smallest absolute Gasteiger partial charge is 0.252 e. The Morgan fingerprint density at radius 1 is 1.05 bits per heavy atom. The lowest BCUT2D eigenvalue weighted by Crippen LogP contribution is -2.38. The number of primary amides is 1. The first kappa shape index (κ1) is 24.6. The molecular formula is C30H33N5O2. The van der Waals surface area contributed by atoms with Crippen molar-refractivity contribution < 1.29 is 9.53 Å². The van der Waals surface area contributed by atoms with Crippen molar-refractivity contribution in [3.8, 4) is 5.75 Å². The van der Waals surface area contributed by atoms with Crippen LogP contribution in [-0.4, -0.2) is 42.0 Å². The molecule has 4 N–H and O–H groups in total. The van der Waals surface area contributed by atoms with Crippen LogP contribution in [0.1, 0.15) is 34.3 Å². The highest BCUT2D eigenvalue weighted by atomic mass is 16.5. The van der Waals surface area contributed by atoms with Gasteiger partial charge >= 0.3 is 0 Å². The van der Waals surface area contributed by atoms with Crippen molar-refractivity contribution in [3.05, 3.63) is 89.6 Å². The number of nitrogens with two attached hydrogens (primary N) is 1. The number of likely N-dealkylation sites (tertiary alicyclic amines) is 1. The fourth-order valence-electron chi connectivity index (χ4n) is 4.97. The molecule has 3 aromatic carbocycles. The number of rotatable bonds is 8. The summed E-state index contributed by atoms with van der Waals surface area (Å²) in [5.74, 6) is 0.171. The zero-order valence-electron chi connectivity index (χ0n) is 21.3. The Bertz CT molecular complexity index is 1400. The van der Waals surface area contributed by atoms with Gasteiger partial charge in [-0.15, -0.1) is 0 Å². The lowest BCUT2D eigenvalue weighted by molar-refractivity contribution is 0.100. The highest BCUT2D eigenvalue weighted by molar-refractivity contribution is 6.08. The minimum Gasteiger partial charge on any atom is -0.495 e. The number of hydrogen-bond donors (Lipinski definition) is 3. The second kappa shape index (κ2) is 10.9. The number of pyridine rings is 1. The van der Waals surface area contributed by atoms with Crippen LogP contribution in [0.4, 0.5) is 17.1 Å². The molecule has 1 aliphatic heterocycles. The molecule has 1 aromatic heterocycles. The molecule has 0 saturated carbocycles. The number of aryl methyl sites for hydroxylation is 1. The maximum absolute atomic E-state index is 12.3. The molecule has 1 aliphatic rings. The summed E-state index contributed by atoms with van der Waals surface area (Å²) < 4.78 is 5.78. The van der Waals surface area contributed by atoms with Gasteiger partial charge in [0.05, 0.1) is 29.6 Å². The number of carbonyl (C=O) groups is 1. The molecule has 0 bridgehead atoms. The normalized spacial score (nSPS) is 14.4. The number of anilines is 3. The van der Waals surface area contributed by atoms with Crippen LogP contribution < -0.4 is 21.1 Å².